The zero-order valence-electron chi connectivity index (χ0n) is 15.7. The van der Waals surface area contributed by atoms with Gasteiger partial charge >= 0.3 is 18.5 Å². The van der Waals surface area contributed by atoms with Crippen molar-refractivity contribution in [3.05, 3.63) is 53.2 Å². The molecule has 31 heavy (non-hydrogen) atoms. The molecule has 0 fully saturated rings. The fraction of sp³-hybridized carbons (Fsp3) is 0.421. The molecule has 2 rings (SSSR count). The average molecular weight is 460 g/mol. The first-order valence-corrected chi connectivity index (χ1v) is 8.90. The van der Waals surface area contributed by atoms with Crippen LogP contribution < -0.4 is 5.32 Å². The first-order valence-electron chi connectivity index (χ1n) is 8.90. The van der Waals surface area contributed by atoms with E-state index in [1.54, 1.807) is 0 Å². The van der Waals surface area contributed by atoms with Crippen LogP contribution in [0.1, 0.15) is 35.8 Å². The quantitative estimate of drug-likeness (QED) is 0.409. The van der Waals surface area contributed by atoms with Crippen LogP contribution in [0.2, 0.25) is 0 Å². The molecule has 0 saturated carbocycles. The van der Waals surface area contributed by atoms with Gasteiger partial charge in [-0.3, -0.25) is 0 Å². The van der Waals surface area contributed by atoms with E-state index in [9.17, 15) is 44.6 Å². The number of nitrogens with one attached hydrogen (secondary N) is 1. The number of aromatic nitrogens is 1. The van der Waals surface area contributed by atoms with Crippen LogP contribution in [0.5, 0.6) is 0 Å². The molecule has 0 bridgehead atoms. The molecule has 0 saturated heterocycles. The Hall–Kier alpha value is -2.34. The highest BCUT2D eigenvalue weighted by Gasteiger charge is 2.37. The number of alkyl halides is 9. The van der Waals surface area contributed by atoms with Crippen LogP contribution in [0.3, 0.4) is 0 Å². The molecule has 1 unspecified atom stereocenters. The minimum absolute atomic E-state index is 0.00446. The predicted octanol–water partition coefficient (Wildman–Crippen LogP) is 5.75. The number of pyridine rings is 1. The fourth-order valence-electron chi connectivity index (χ4n) is 2.72. The second-order valence-electron chi connectivity index (χ2n) is 6.65. The number of nitrogens with zero attached hydrogens (tertiary/aromatic N) is 1. The summed E-state index contributed by atoms with van der Waals surface area (Å²) in [4.78, 5) is 3.46. The van der Waals surface area contributed by atoms with Gasteiger partial charge in [0.2, 0.25) is 0 Å². The second kappa shape index (κ2) is 9.43. The van der Waals surface area contributed by atoms with Gasteiger partial charge in [0, 0.05) is 24.1 Å². The van der Waals surface area contributed by atoms with Crippen molar-refractivity contribution in [3.63, 3.8) is 0 Å². The molecule has 1 aromatic heterocycles. The van der Waals surface area contributed by atoms with Gasteiger partial charge in [-0.2, -0.15) is 39.5 Å². The largest absolute Gasteiger partial charge is 0.433 e. The van der Waals surface area contributed by atoms with Crippen LogP contribution in [0.25, 0.3) is 11.3 Å². The van der Waals surface area contributed by atoms with Crippen LogP contribution in [-0.2, 0) is 12.4 Å². The zero-order valence-corrected chi connectivity index (χ0v) is 15.7. The molecule has 172 valence electrons. The van der Waals surface area contributed by atoms with Gasteiger partial charge in [-0.1, -0.05) is 18.2 Å². The smallest absolute Gasteiger partial charge is 0.387 e. The number of rotatable bonds is 7. The van der Waals surface area contributed by atoms with Gasteiger partial charge in [-0.25, -0.2) is 4.98 Å². The molecule has 0 aliphatic heterocycles. The van der Waals surface area contributed by atoms with Crippen molar-refractivity contribution in [2.45, 2.75) is 37.5 Å². The normalized spacial score (nSPS) is 14.0. The SMILES string of the molecule is OC(CNCCCC(F)(F)F)c1ccc(-c2ccc(C(F)(F)F)cc2)nc1C(F)(F)F. The molecule has 0 spiro atoms. The summed E-state index contributed by atoms with van der Waals surface area (Å²) in [6, 6.07) is 5.41. The predicted molar refractivity (Wildman–Crippen MR) is 92.8 cm³/mol. The molecule has 3 nitrogen and oxygen atoms in total. The van der Waals surface area contributed by atoms with Crippen LogP contribution in [0, 0.1) is 0 Å². The van der Waals surface area contributed by atoms with Gasteiger partial charge in [0.25, 0.3) is 0 Å². The van der Waals surface area contributed by atoms with Crippen LogP contribution in [0.4, 0.5) is 39.5 Å². The highest BCUT2D eigenvalue weighted by molar-refractivity contribution is 5.60. The number of benzene rings is 1. The van der Waals surface area contributed by atoms with E-state index in [4.69, 9.17) is 0 Å². The number of aliphatic hydroxyl groups is 1. The van der Waals surface area contributed by atoms with Crippen molar-refractivity contribution in [3.8, 4) is 11.3 Å². The van der Waals surface area contributed by atoms with E-state index < -0.39 is 54.4 Å². The van der Waals surface area contributed by atoms with E-state index in [1.165, 1.54) is 0 Å². The minimum Gasteiger partial charge on any atom is -0.387 e. The van der Waals surface area contributed by atoms with Crippen molar-refractivity contribution in [2.75, 3.05) is 13.1 Å². The maximum Gasteiger partial charge on any atom is 0.433 e. The summed E-state index contributed by atoms with van der Waals surface area (Å²) in [5.74, 6) is 0. The van der Waals surface area contributed by atoms with Crippen molar-refractivity contribution in [1.82, 2.24) is 10.3 Å². The summed E-state index contributed by atoms with van der Waals surface area (Å²) in [5, 5.41) is 12.5. The molecule has 1 aromatic carbocycles. The molecule has 2 N–H and O–H groups in total. The molecule has 2 aromatic rings. The Balaban J connectivity index is 2.18. The Bertz CT molecular complexity index is 859. The summed E-state index contributed by atoms with van der Waals surface area (Å²) in [5.41, 5.74) is -3.27. The first-order chi connectivity index (χ1) is 14.2. The van der Waals surface area contributed by atoms with Crippen molar-refractivity contribution in [2.24, 2.45) is 0 Å². The molecular formula is C19H17F9N2O. The van der Waals surface area contributed by atoms with Crippen LogP contribution in [0.15, 0.2) is 36.4 Å². The summed E-state index contributed by atoms with van der Waals surface area (Å²) in [6.45, 7) is -0.614. The molecule has 0 radical (unpaired) electrons. The number of aliphatic hydroxyl groups excluding tert-OH is 1. The molecule has 1 atom stereocenters. The lowest BCUT2D eigenvalue weighted by molar-refractivity contribution is -0.143. The summed E-state index contributed by atoms with van der Waals surface area (Å²) in [6.07, 6.45) is -17.0. The van der Waals surface area contributed by atoms with Crippen LogP contribution >= 0.6 is 0 Å². The van der Waals surface area contributed by atoms with Gasteiger partial charge in [0.1, 0.15) is 0 Å². The van der Waals surface area contributed by atoms with Crippen molar-refractivity contribution >= 4 is 0 Å². The van der Waals surface area contributed by atoms with Gasteiger partial charge in [-0.15, -0.1) is 0 Å². The summed E-state index contributed by atoms with van der Waals surface area (Å²) >= 11 is 0. The molecule has 0 amide bonds. The Morgan fingerprint density at radius 2 is 1.45 bits per heavy atom. The van der Waals surface area contributed by atoms with E-state index in [2.05, 4.69) is 10.3 Å². The molecular weight excluding hydrogens is 443 g/mol. The maximum absolute atomic E-state index is 13.4. The van der Waals surface area contributed by atoms with E-state index in [-0.39, 0.29) is 24.2 Å². The highest BCUT2D eigenvalue weighted by Crippen LogP contribution is 2.36. The fourth-order valence-corrected chi connectivity index (χ4v) is 2.72. The van der Waals surface area contributed by atoms with Crippen LogP contribution in [-0.4, -0.2) is 29.4 Å². The Morgan fingerprint density at radius 1 is 0.839 bits per heavy atom. The van der Waals surface area contributed by atoms with Gasteiger partial charge in [0.05, 0.1) is 17.4 Å². The lowest BCUT2D eigenvalue weighted by Gasteiger charge is -2.18. The first kappa shape index (κ1) is 24.9. The molecule has 0 aliphatic rings. The Morgan fingerprint density at radius 3 is 1.97 bits per heavy atom. The third-order valence-corrected chi connectivity index (χ3v) is 4.21. The molecule has 1 heterocycles. The molecule has 12 heteroatoms. The molecule has 0 aliphatic carbocycles. The third-order valence-electron chi connectivity index (χ3n) is 4.21. The Kier molecular flexibility index (Phi) is 7.58. The number of hydrogen-bond acceptors (Lipinski definition) is 3. The topological polar surface area (TPSA) is 45.1 Å². The van der Waals surface area contributed by atoms with E-state index in [0.29, 0.717) is 12.1 Å². The summed E-state index contributed by atoms with van der Waals surface area (Å²) < 4.78 is 114. The lowest BCUT2D eigenvalue weighted by Crippen LogP contribution is -2.26. The standard InChI is InChI=1S/C19H17F9N2O/c20-17(21,22)8-1-9-29-10-15(31)13-6-7-14(30-16(13)19(26,27)28)11-2-4-12(5-3-11)18(23,24)25/h2-7,15,29,31H,1,8-10H2. The van der Waals surface area contributed by atoms with Gasteiger partial charge in [-0.05, 0) is 31.2 Å². The van der Waals surface area contributed by atoms with Gasteiger partial charge in [0.15, 0.2) is 5.69 Å². The zero-order chi connectivity index (χ0) is 23.4. The van der Waals surface area contributed by atoms with Crippen molar-refractivity contribution in [1.29, 1.82) is 0 Å². The second-order valence-corrected chi connectivity index (χ2v) is 6.65. The monoisotopic (exact) mass is 460 g/mol. The third kappa shape index (κ3) is 7.39. The average Bonchev–Trinajstić information content (AvgIpc) is 2.65. The van der Waals surface area contributed by atoms with Crippen molar-refractivity contribution < 1.29 is 44.6 Å². The number of halogens is 9. The van der Waals surface area contributed by atoms with E-state index in [1.807, 2.05) is 0 Å². The van der Waals surface area contributed by atoms with Gasteiger partial charge < -0.3 is 10.4 Å². The summed E-state index contributed by atoms with van der Waals surface area (Å²) in [7, 11) is 0. The highest BCUT2D eigenvalue weighted by atomic mass is 19.4. The van der Waals surface area contributed by atoms with E-state index >= 15 is 0 Å². The lowest BCUT2D eigenvalue weighted by atomic mass is 10.0. The van der Waals surface area contributed by atoms with E-state index in [0.717, 1.165) is 24.3 Å². The Labute approximate surface area is 170 Å². The maximum atomic E-state index is 13.4. The minimum atomic E-state index is -4.98. The number of hydrogen-bond donors (Lipinski definition) is 2.